The van der Waals surface area contributed by atoms with E-state index in [2.05, 4.69) is 42.0 Å². The van der Waals surface area contributed by atoms with Crippen molar-refractivity contribution in [2.75, 3.05) is 45.8 Å². The molecule has 2 fully saturated rings. The zero-order valence-electron chi connectivity index (χ0n) is 13.0. The fraction of sp³-hybridized carbons (Fsp3) is 0.875. The summed E-state index contributed by atoms with van der Waals surface area (Å²) in [5, 5.41) is 3.45. The molecule has 0 unspecified atom stereocenters. The Balaban J connectivity index is 1.90. The molecule has 3 nitrogen and oxygen atoms in total. The normalized spacial score (nSPS) is 24.1. The molecule has 0 atom stereocenters. The first kappa shape index (κ1) is 15.0. The van der Waals surface area contributed by atoms with E-state index in [1.807, 2.05) is 0 Å². The highest BCUT2D eigenvalue weighted by Gasteiger charge is 2.31. The van der Waals surface area contributed by atoms with Crippen molar-refractivity contribution in [3.8, 4) is 0 Å². The highest BCUT2D eigenvalue weighted by Crippen LogP contribution is 2.27. The summed E-state index contributed by atoms with van der Waals surface area (Å²) in [6.07, 6.45) is 6.38. The molecule has 0 spiro atoms. The van der Waals surface area contributed by atoms with Crippen molar-refractivity contribution in [2.45, 2.75) is 45.6 Å². The van der Waals surface area contributed by atoms with Crippen LogP contribution in [0.3, 0.4) is 0 Å². The van der Waals surface area contributed by atoms with E-state index in [0.29, 0.717) is 0 Å². The third-order valence-corrected chi connectivity index (χ3v) is 4.94. The molecule has 0 saturated carbocycles. The molecule has 1 N–H and O–H groups in total. The molecule has 110 valence electrons. The van der Waals surface area contributed by atoms with Crippen LogP contribution in [-0.2, 0) is 0 Å². The minimum atomic E-state index is 0.219. The van der Waals surface area contributed by atoms with Crippen LogP contribution in [0, 0.1) is 0 Å². The Bertz CT molecular complexity index is 297. The fourth-order valence-electron chi connectivity index (χ4n) is 3.52. The largest absolute Gasteiger partial charge is 0.314 e. The summed E-state index contributed by atoms with van der Waals surface area (Å²) in [5.74, 6) is 0. The minimum Gasteiger partial charge on any atom is -0.314 e. The molecule has 2 saturated heterocycles. The number of nitrogens with zero attached hydrogens (tertiary/aromatic N) is 2. The topological polar surface area (TPSA) is 18.5 Å². The van der Waals surface area contributed by atoms with Crippen LogP contribution in [-0.4, -0.2) is 61.2 Å². The molecule has 0 aliphatic carbocycles. The van der Waals surface area contributed by atoms with Crippen molar-refractivity contribution in [2.24, 2.45) is 0 Å². The smallest absolute Gasteiger partial charge is 0.0365 e. The standard InChI is InChI=1S/C16H31N3/c1-4-15(7-12-18-10-5-6-11-18)16(2,3)19-13-8-17-9-14-19/h4,17H,5-14H2,1-3H3/b15-4+. The lowest BCUT2D eigenvalue weighted by molar-refractivity contribution is 0.127. The van der Waals surface area contributed by atoms with Crippen LogP contribution in [0.1, 0.15) is 40.0 Å². The van der Waals surface area contributed by atoms with Gasteiger partial charge in [0.1, 0.15) is 0 Å². The Labute approximate surface area is 119 Å². The molecule has 0 bridgehead atoms. The van der Waals surface area contributed by atoms with Gasteiger partial charge in [-0.05, 0) is 53.1 Å². The van der Waals surface area contributed by atoms with E-state index >= 15 is 0 Å². The lowest BCUT2D eigenvalue weighted by Crippen LogP contribution is -2.54. The predicted octanol–water partition coefficient (Wildman–Crippen LogP) is 2.10. The fourth-order valence-corrected chi connectivity index (χ4v) is 3.52. The second kappa shape index (κ2) is 6.87. The van der Waals surface area contributed by atoms with Crippen molar-refractivity contribution < 1.29 is 0 Å². The number of likely N-dealkylation sites (tertiary alicyclic amines) is 1. The average Bonchev–Trinajstić information content (AvgIpc) is 2.93. The van der Waals surface area contributed by atoms with Crippen molar-refractivity contribution in [1.82, 2.24) is 15.1 Å². The van der Waals surface area contributed by atoms with E-state index in [0.717, 1.165) is 13.1 Å². The molecule has 0 amide bonds. The average molecular weight is 265 g/mol. The molecule has 3 heteroatoms. The second-order valence-electron chi connectivity index (χ2n) is 6.41. The maximum atomic E-state index is 3.45. The van der Waals surface area contributed by atoms with Gasteiger partial charge in [-0.15, -0.1) is 0 Å². The molecule has 0 radical (unpaired) electrons. The molecule has 2 aliphatic heterocycles. The van der Waals surface area contributed by atoms with E-state index in [-0.39, 0.29) is 5.54 Å². The van der Waals surface area contributed by atoms with E-state index in [4.69, 9.17) is 0 Å². The summed E-state index contributed by atoms with van der Waals surface area (Å²) in [6, 6.07) is 0. The van der Waals surface area contributed by atoms with E-state index in [1.54, 1.807) is 5.57 Å². The monoisotopic (exact) mass is 265 g/mol. The van der Waals surface area contributed by atoms with Gasteiger partial charge in [0.05, 0.1) is 0 Å². The first-order valence-electron chi connectivity index (χ1n) is 7.98. The molecule has 19 heavy (non-hydrogen) atoms. The Kier molecular flexibility index (Phi) is 5.43. The molecule has 0 aromatic heterocycles. The summed E-state index contributed by atoms with van der Waals surface area (Å²) in [4.78, 5) is 5.26. The SMILES string of the molecule is C/C=C(\CCN1CCCC1)C(C)(C)N1CCNCC1. The van der Waals surface area contributed by atoms with Crippen molar-refractivity contribution in [1.29, 1.82) is 0 Å². The van der Waals surface area contributed by atoms with Crippen LogP contribution in [0.4, 0.5) is 0 Å². The summed E-state index contributed by atoms with van der Waals surface area (Å²) in [5.41, 5.74) is 1.83. The van der Waals surface area contributed by atoms with E-state index in [1.165, 1.54) is 52.0 Å². The molecule has 2 aliphatic rings. The first-order chi connectivity index (χ1) is 9.14. The number of nitrogens with one attached hydrogen (secondary N) is 1. The lowest BCUT2D eigenvalue weighted by Gasteiger charge is -2.43. The molecule has 0 aromatic carbocycles. The number of hydrogen-bond donors (Lipinski definition) is 1. The second-order valence-corrected chi connectivity index (χ2v) is 6.41. The third kappa shape index (κ3) is 3.80. The number of allylic oxidation sites excluding steroid dienone is 1. The molecular formula is C16H31N3. The first-order valence-corrected chi connectivity index (χ1v) is 7.98. The summed E-state index contributed by atoms with van der Waals surface area (Å²) in [6.45, 7) is 15.5. The van der Waals surface area contributed by atoms with Crippen LogP contribution < -0.4 is 5.32 Å². The molecule has 0 aromatic rings. The van der Waals surface area contributed by atoms with Gasteiger partial charge in [0.15, 0.2) is 0 Å². The quantitative estimate of drug-likeness (QED) is 0.768. The van der Waals surface area contributed by atoms with E-state index in [9.17, 15) is 0 Å². The van der Waals surface area contributed by atoms with Gasteiger partial charge in [-0.25, -0.2) is 0 Å². The maximum absolute atomic E-state index is 3.45. The minimum absolute atomic E-state index is 0.219. The summed E-state index contributed by atoms with van der Waals surface area (Å²) >= 11 is 0. The van der Waals surface area contributed by atoms with Crippen molar-refractivity contribution >= 4 is 0 Å². The highest BCUT2D eigenvalue weighted by molar-refractivity contribution is 5.18. The highest BCUT2D eigenvalue weighted by atomic mass is 15.2. The van der Waals surface area contributed by atoms with Crippen LogP contribution in [0.2, 0.25) is 0 Å². The number of hydrogen-bond acceptors (Lipinski definition) is 3. The Hall–Kier alpha value is -0.380. The van der Waals surface area contributed by atoms with Gasteiger partial charge in [0, 0.05) is 38.3 Å². The van der Waals surface area contributed by atoms with Crippen LogP contribution in [0.5, 0.6) is 0 Å². The summed E-state index contributed by atoms with van der Waals surface area (Å²) in [7, 11) is 0. The zero-order chi connectivity index (χ0) is 13.7. The Morgan fingerprint density at radius 2 is 1.74 bits per heavy atom. The van der Waals surface area contributed by atoms with Gasteiger partial charge in [0.25, 0.3) is 0 Å². The number of rotatable bonds is 5. The van der Waals surface area contributed by atoms with Gasteiger partial charge in [-0.1, -0.05) is 11.6 Å². The van der Waals surface area contributed by atoms with Gasteiger partial charge >= 0.3 is 0 Å². The van der Waals surface area contributed by atoms with E-state index < -0.39 is 0 Å². The molecule has 2 rings (SSSR count). The van der Waals surface area contributed by atoms with Crippen LogP contribution in [0.25, 0.3) is 0 Å². The summed E-state index contributed by atoms with van der Waals surface area (Å²) < 4.78 is 0. The van der Waals surface area contributed by atoms with Gasteiger partial charge in [-0.2, -0.15) is 0 Å². The Morgan fingerprint density at radius 3 is 2.32 bits per heavy atom. The maximum Gasteiger partial charge on any atom is 0.0365 e. The number of piperazine rings is 1. The predicted molar refractivity (Wildman–Crippen MR) is 82.6 cm³/mol. The van der Waals surface area contributed by atoms with Crippen molar-refractivity contribution in [3.63, 3.8) is 0 Å². The van der Waals surface area contributed by atoms with Crippen molar-refractivity contribution in [3.05, 3.63) is 11.6 Å². The molecule has 2 heterocycles. The van der Waals surface area contributed by atoms with Gasteiger partial charge in [0.2, 0.25) is 0 Å². The van der Waals surface area contributed by atoms with Crippen LogP contribution >= 0.6 is 0 Å². The third-order valence-electron chi connectivity index (χ3n) is 4.94. The van der Waals surface area contributed by atoms with Gasteiger partial charge in [-0.3, -0.25) is 4.90 Å². The zero-order valence-corrected chi connectivity index (χ0v) is 13.0. The lowest BCUT2D eigenvalue weighted by atomic mass is 9.88. The van der Waals surface area contributed by atoms with Crippen LogP contribution in [0.15, 0.2) is 11.6 Å². The Morgan fingerprint density at radius 1 is 1.11 bits per heavy atom. The van der Waals surface area contributed by atoms with Gasteiger partial charge < -0.3 is 10.2 Å². The molecular weight excluding hydrogens is 234 g/mol.